The minimum Gasteiger partial charge on any atom is -0.391 e. The Morgan fingerprint density at radius 1 is 1.12 bits per heavy atom. The predicted octanol–water partition coefficient (Wildman–Crippen LogP) is 2.28. The highest BCUT2D eigenvalue weighted by atomic mass is 16.6. The van der Waals surface area contributed by atoms with Gasteiger partial charge in [0.25, 0.3) is 0 Å². The molecule has 0 bridgehead atoms. The molecule has 0 fully saturated rings. The number of rotatable bonds is 5. The molecule has 0 amide bonds. The van der Waals surface area contributed by atoms with E-state index in [4.69, 9.17) is 4.84 Å². The lowest BCUT2D eigenvalue weighted by Gasteiger charge is -2.22. The molecule has 132 valence electrons. The number of oxime groups is 1. The Hall–Kier alpha value is -2.21. The van der Waals surface area contributed by atoms with Gasteiger partial charge in [-0.15, -0.1) is 10.2 Å². The van der Waals surface area contributed by atoms with Gasteiger partial charge in [0.2, 0.25) is 0 Å². The van der Waals surface area contributed by atoms with Crippen molar-refractivity contribution in [3.05, 3.63) is 47.5 Å². The summed E-state index contributed by atoms with van der Waals surface area (Å²) in [4.78, 5) is 8.04. The van der Waals surface area contributed by atoms with Gasteiger partial charge in [0.05, 0.1) is 5.71 Å². The zero-order valence-corrected chi connectivity index (χ0v) is 14.8. The van der Waals surface area contributed by atoms with Crippen LogP contribution in [0.4, 0.5) is 0 Å². The van der Waals surface area contributed by atoms with Crippen molar-refractivity contribution in [2.75, 3.05) is 19.6 Å². The lowest BCUT2D eigenvalue weighted by molar-refractivity contribution is 0.0530. The molecular weight excluding hydrogens is 314 g/mol. The van der Waals surface area contributed by atoms with Gasteiger partial charge in [-0.05, 0) is 12.0 Å². The number of fused-ring (bicyclic) bond motifs is 1. The molecule has 2 aliphatic rings. The third-order valence-electron chi connectivity index (χ3n) is 5.06. The SMILES string of the molecule is CCC1=NOC(CN2CCc3nnc(Cc4ccccc4)n3CC2)C1. The maximum Gasteiger partial charge on any atom is 0.145 e. The van der Waals surface area contributed by atoms with Gasteiger partial charge in [0, 0.05) is 45.4 Å². The first-order valence-electron chi connectivity index (χ1n) is 9.20. The minimum absolute atomic E-state index is 0.210. The van der Waals surface area contributed by atoms with Crippen LogP contribution < -0.4 is 0 Å². The van der Waals surface area contributed by atoms with E-state index >= 15 is 0 Å². The molecule has 1 atom stereocenters. The van der Waals surface area contributed by atoms with Crippen LogP contribution in [0.25, 0.3) is 0 Å². The van der Waals surface area contributed by atoms with Gasteiger partial charge in [0.15, 0.2) is 0 Å². The maximum absolute atomic E-state index is 5.57. The smallest absolute Gasteiger partial charge is 0.145 e. The molecule has 0 spiro atoms. The number of benzene rings is 1. The zero-order valence-electron chi connectivity index (χ0n) is 14.8. The molecule has 1 aromatic carbocycles. The van der Waals surface area contributed by atoms with Gasteiger partial charge < -0.3 is 9.40 Å². The van der Waals surface area contributed by atoms with Gasteiger partial charge >= 0.3 is 0 Å². The number of aromatic nitrogens is 3. The van der Waals surface area contributed by atoms with Crippen LogP contribution in [-0.2, 0) is 24.2 Å². The molecule has 0 saturated heterocycles. The molecule has 6 nitrogen and oxygen atoms in total. The summed E-state index contributed by atoms with van der Waals surface area (Å²) in [5.74, 6) is 2.17. The molecule has 6 heteroatoms. The largest absolute Gasteiger partial charge is 0.391 e. The maximum atomic E-state index is 5.57. The Labute approximate surface area is 148 Å². The summed E-state index contributed by atoms with van der Waals surface area (Å²) in [6.07, 6.45) is 3.95. The van der Waals surface area contributed by atoms with E-state index in [9.17, 15) is 0 Å². The Balaban J connectivity index is 1.38. The van der Waals surface area contributed by atoms with E-state index in [1.54, 1.807) is 0 Å². The topological polar surface area (TPSA) is 55.5 Å². The van der Waals surface area contributed by atoms with E-state index in [2.05, 4.69) is 56.0 Å². The van der Waals surface area contributed by atoms with E-state index in [-0.39, 0.29) is 6.10 Å². The minimum atomic E-state index is 0.210. The molecule has 25 heavy (non-hydrogen) atoms. The lowest BCUT2D eigenvalue weighted by atomic mass is 10.1. The molecule has 2 aromatic rings. The van der Waals surface area contributed by atoms with Crippen molar-refractivity contribution < 1.29 is 4.84 Å². The summed E-state index contributed by atoms with van der Waals surface area (Å²) in [7, 11) is 0. The van der Waals surface area contributed by atoms with Gasteiger partial charge in [-0.3, -0.25) is 4.90 Å². The average Bonchev–Trinajstić information content (AvgIpc) is 3.19. The molecule has 4 rings (SSSR count). The molecular formula is C19H25N5O. The summed E-state index contributed by atoms with van der Waals surface area (Å²) < 4.78 is 2.30. The highest BCUT2D eigenvalue weighted by Crippen LogP contribution is 2.17. The standard InChI is InChI=1S/C19H25N5O/c1-2-16-13-17(25-22-16)14-23-9-8-18-20-21-19(24(18)11-10-23)12-15-6-4-3-5-7-15/h3-7,17H,2,8-14H2,1H3. The van der Waals surface area contributed by atoms with Crippen molar-refractivity contribution in [1.82, 2.24) is 19.7 Å². The van der Waals surface area contributed by atoms with Crippen LogP contribution in [0.1, 0.15) is 37.0 Å². The van der Waals surface area contributed by atoms with Crippen LogP contribution in [-0.4, -0.2) is 51.1 Å². The van der Waals surface area contributed by atoms with E-state index in [1.165, 1.54) is 11.3 Å². The first-order chi connectivity index (χ1) is 12.3. The van der Waals surface area contributed by atoms with Crippen molar-refractivity contribution >= 4 is 5.71 Å². The van der Waals surface area contributed by atoms with Crippen LogP contribution >= 0.6 is 0 Å². The fourth-order valence-corrected chi connectivity index (χ4v) is 3.60. The second kappa shape index (κ2) is 7.35. The molecule has 0 aliphatic carbocycles. The highest BCUT2D eigenvalue weighted by molar-refractivity contribution is 5.85. The molecule has 1 aromatic heterocycles. The van der Waals surface area contributed by atoms with E-state index in [0.717, 1.165) is 63.5 Å². The predicted molar refractivity (Wildman–Crippen MR) is 96.6 cm³/mol. The zero-order chi connectivity index (χ0) is 17.1. The summed E-state index contributed by atoms with van der Waals surface area (Å²) in [6.45, 7) is 6.04. The van der Waals surface area contributed by atoms with Gasteiger partial charge in [-0.1, -0.05) is 42.4 Å². The van der Waals surface area contributed by atoms with Crippen molar-refractivity contribution in [1.29, 1.82) is 0 Å². The van der Waals surface area contributed by atoms with E-state index in [0.29, 0.717) is 0 Å². The molecule has 3 heterocycles. The second-order valence-electron chi connectivity index (χ2n) is 6.84. The van der Waals surface area contributed by atoms with E-state index in [1.807, 2.05) is 6.07 Å². The molecule has 0 radical (unpaired) electrons. The third kappa shape index (κ3) is 3.74. The molecule has 0 N–H and O–H groups in total. The van der Waals surface area contributed by atoms with Crippen LogP contribution in [0, 0.1) is 0 Å². The summed E-state index contributed by atoms with van der Waals surface area (Å²) >= 11 is 0. The normalized spacial score (nSPS) is 20.7. The Kier molecular flexibility index (Phi) is 4.78. The van der Waals surface area contributed by atoms with Crippen LogP contribution in [0.2, 0.25) is 0 Å². The fourth-order valence-electron chi connectivity index (χ4n) is 3.60. The Morgan fingerprint density at radius 2 is 2.00 bits per heavy atom. The van der Waals surface area contributed by atoms with Crippen LogP contribution in [0.5, 0.6) is 0 Å². The van der Waals surface area contributed by atoms with Crippen molar-refractivity contribution in [3.8, 4) is 0 Å². The summed E-state index contributed by atoms with van der Waals surface area (Å²) in [5, 5.41) is 13.0. The van der Waals surface area contributed by atoms with Gasteiger partial charge in [-0.25, -0.2) is 0 Å². The summed E-state index contributed by atoms with van der Waals surface area (Å²) in [5.41, 5.74) is 2.46. The first kappa shape index (κ1) is 16.3. The molecule has 1 unspecified atom stereocenters. The average molecular weight is 339 g/mol. The monoisotopic (exact) mass is 339 g/mol. The van der Waals surface area contributed by atoms with Crippen molar-refractivity contribution in [2.24, 2.45) is 5.16 Å². The van der Waals surface area contributed by atoms with Gasteiger partial charge in [-0.2, -0.15) is 0 Å². The van der Waals surface area contributed by atoms with E-state index < -0.39 is 0 Å². The lowest BCUT2D eigenvalue weighted by Crippen LogP contribution is -2.35. The second-order valence-corrected chi connectivity index (χ2v) is 6.84. The fraction of sp³-hybridized carbons (Fsp3) is 0.526. The van der Waals surface area contributed by atoms with Crippen molar-refractivity contribution in [2.45, 2.75) is 45.3 Å². The Bertz CT molecular complexity index is 740. The number of hydrogen-bond acceptors (Lipinski definition) is 5. The molecule has 0 saturated carbocycles. The molecule has 2 aliphatic heterocycles. The van der Waals surface area contributed by atoms with Crippen LogP contribution in [0.15, 0.2) is 35.5 Å². The number of hydrogen-bond donors (Lipinski definition) is 0. The summed E-state index contributed by atoms with van der Waals surface area (Å²) in [6, 6.07) is 10.5. The van der Waals surface area contributed by atoms with Crippen LogP contribution in [0.3, 0.4) is 0 Å². The number of nitrogens with zero attached hydrogens (tertiary/aromatic N) is 5. The first-order valence-corrected chi connectivity index (χ1v) is 9.20. The van der Waals surface area contributed by atoms with Crippen molar-refractivity contribution in [3.63, 3.8) is 0 Å². The quantitative estimate of drug-likeness (QED) is 0.839. The highest BCUT2D eigenvalue weighted by Gasteiger charge is 2.25. The van der Waals surface area contributed by atoms with Gasteiger partial charge in [0.1, 0.15) is 17.8 Å². The Morgan fingerprint density at radius 3 is 2.80 bits per heavy atom. The third-order valence-corrected chi connectivity index (χ3v) is 5.06.